The van der Waals surface area contributed by atoms with E-state index in [0.29, 0.717) is 5.92 Å². The molecule has 0 amide bonds. The van der Waals surface area contributed by atoms with Crippen LogP contribution in [0.1, 0.15) is 12.8 Å². The number of aliphatic hydroxyl groups excluding tert-OH is 1. The Labute approximate surface area is 72.3 Å². The molecule has 1 rings (SSSR count). The third kappa shape index (κ3) is 3.01. The minimum absolute atomic E-state index is 0.115. The van der Waals surface area contributed by atoms with Gasteiger partial charge in [-0.3, -0.25) is 0 Å². The van der Waals surface area contributed by atoms with Crippen LogP contribution in [-0.2, 0) is 4.74 Å². The molecule has 0 aromatic carbocycles. The lowest BCUT2D eigenvalue weighted by atomic mass is 9.96. The van der Waals surface area contributed by atoms with Crippen molar-refractivity contribution < 1.29 is 9.84 Å². The molecule has 11 heavy (non-hydrogen) atoms. The fraction of sp³-hybridized carbons (Fsp3) is 1.00. The number of thioether (sulfide) groups is 1. The van der Waals surface area contributed by atoms with Gasteiger partial charge in [0.2, 0.25) is 0 Å². The van der Waals surface area contributed by atoms with Crippen molar-refractivity contribution in [2.75, 3.05) is 25.2 Å². The monoisotopic (exact) mass is 176 g/mol. The molecule has 1 fully saturated rings. The van der Waals surface area contributed by atoms with Gasteiger partial charge in [0.1, 0.15) is 0 Å². The molecule has 0 saturated carbocycles. The number of ether oxygens (including phenoxy) is 1. The summed E-state index contributed by atoms with van der Waals surface area (Å²) in [5, 5.41) is 9.51. The maximum atomic E-state index is 9.51. The molecule has 2 nitrogen and oxygen atoms in total. The average molecular weight is 176 g/mol. The predicted molar refractivity (Wildman–Crippen MR) is 47.9 cm³/mol. The Bertz CT molecular complexity index is 108. The standard InChI is InChI=1S/C8H16O2S/c1-11-5-3-7-6-10-4-2-8(7)9/h7-9H,2-6H2,1H3. The van der Waals surface area contributed by atoms with Gasteiger partial charge in [0.25, 0.3) is 0 Å². The van der Waals surface area contributed by atoms with Crippen LogP contribution < -0.4 is 0 Å². The lowest BCUT2D eigenvalue weighted by Gasteiger charge is -2.27. The molecular formula is C8H16O2S. The maximum absolute atomic E-state index is 9.51. The Morgan fingerprint density at radius 3 is 3.09 bits per heavy atom. The summed E-state index contributed by atoms with van der Waals surface area (Å²) < 4.78 is 5.28. The molecule has 0 spiro atoms. The summed E-state index contributed by atoms with van der Waals surface area (Å²) in [5.41, 5.74) is 0. The second-order valence-corrected chi connectivity index (χ2v) is 3.96. The molecule has 1 aliphatic heterocycles. The lowest BCUT2D eigenvalue weighted by Crippen LogP contribution is -2.32. The van der Waals surface area contributed by atoms with Crippen LogP contribution in [0.25, 0.3) is 0 Å². The number of aliphatic hydroxyl groups is 1. The highest BCUT2D eigenvalue weighted by Crippen LogP contribution is 2.19. The van der Waals surface area contributed by atoms with E-state index >= 15 is 0 Å². The van der Waals surface area contributed by atoms with Crippen LogP contribution in [0, 0.1) is 5.92 Å². The number of hydrogen-bond acceptors (Lipinski definition) is 3. The van der Waals surface area contributed by atoms with E-state index in [1.54, 1.807) is 0 Å². The molecule has 1 heterocycles. The molecule has 0 bridgehead atoms. The fourth-order valence-corrected chi connectivity index (χ4v) is 1.87. The molecule has 3 heteroatoms. The zero-order valence-corrected chi connectivity index (χ0v) is 7.77. The van der Waals surface area contributed by atoms with Gasteiger partial charge in [0.15, 0.2) is 0 Å². The first-order chi connectivity index (χ1) is 5.34. The van der Waals surface area contributed by atoms with Crippen LogP contribution >= 0.6 is 11.8 Å². The van der Waals surface area contributed by atoms with Gasteiger partial charge >= 0.3 is 0 Å². The Morgan fingerprint density at radius 1 is 1.64 bits per heavy atom. The van der Waals surface area contributed by atoms with Crippen LogP contribution in [-0.4, -0.2) is 36.4 Å². The second kappa shape index (κ2) is 5.01. The normalized spacial score (nSPS) is 32.2. The van der Waals surface area contributed by atoms with E-state index in [9.17, 15) is 5.11 Å². The second-order valence-electron chi connectivity index (χ2n) is 2.97. The van der Waals surface area contributed by atoms with Gasteiger partial charge in [0, 0.05) is 12.5 Å². The van der Waals surface area contributed by atoms with Crippen molar-refractivity contribution in [3.05, 3.63) is 0 Å². The van der Waals surface area contributed by atoms with Crippen molar-refractivity contribution in [3.8, 4) is 0 Å². The lowest BCUT2D eigenvalue weighted by molar-refractivity contribution is -0.0360. The minimum atomic E-state index is -0.115. The summed E-state index contributed by atoms with van der Waals surface area (Å²) in [7, 11) is 0. The van der Waals surface area contributed by atoms with Gasteiger partial charge in [-0.25, -0.2) is 0 Å². The molecule has 1 saturated heterocycles. The highest BCUT2D eigenvalue weighted by Gasteiger charge is 2.22. The first-order valence-corrected chi connectivity index (χ1v) is 5.48. The number of rotatable bonds is 3. The topological polar surface area (TPSA) is 29.5 Å². The molecule has 0 radical (unpaired) electrons. The predicted octanol–water partition coefficient (Wildman–Crippen LogP) is 1.14. The van der Waals surface area contributed by atoms with Crippen LogP contribution in [0.2, 0.25) is 0 Å². The van der Waals surface area contributed by atoms with Crippen molar-refractivity contribution in [2.45, 2.75) is 18.9 Å². The third-order valence-electron chi connectivity index (χ3n) is 2.13. The van der Waals surface area contributed by atoms with E-state index in [1.165, 1.54) is 0 Å². The third-order valence-corrected chi connectivity index (χ3v) is 2.77. The van der Waals surface area contributed by atoms with Crippen molar-refractivity contribution in [1.82, 2.24) is 0 Å². The minimum Gasteiger partial charge on any atom is -0.393 e. The first kappa shape index (κ1) is 9.36. The quantitative estimate of drug-likeness (QED) is 0.699. The van der Waals surface area contributed by atoms with Crippen molar-refractivity contribution in [2.24, 2.45) is 5.92 Å². The van der Waals surface area contributed by atoms with Gasteiger partial charge < -0.3 is 9.84 Å². The highest BCUT2D eigenvalue weighted by molar-refractivity contribution is 7.98. The van der Waals surface area contributed by atoms with Crippen LogP contribution in [0.5, 0.6) is 0 Å². The molecule has 1 N–H and O–H groups in total. The average Bonchev–Trinajstić information content (AvgIpc) is 2.03. The molecular weight excluding hydrogens is 160 g/mol. The van der Waals surface area contributed by atoms with E-state index in [2.05, 4.69) is 6.26 Å². The van der Waals surface area contributed by atoms with E-state index in [4.69, 9.17) is 4.74 Å². The van der Waals surface area contributed by atoms with Crippen molar-refractivity contribution in [1.29, 1.82) is 0 Å². The van der Waals surface area contributed by atoms with Crippen molar-refractivity contribution >= 4 is 11.8 Å². The maximum Gasteiger partial charge on any atom is 0.0612 e. The SMILES string of the molecule is CSCCC1COCCC1O. The van der Waals surface area contributed by atoms with Gasteiger partial charge in [-0.05, 0) is 24.9 Å². The molecule has 2 unspecified atom stereocenters. The summed E-state index contributed by atoms with van der Waals surface area (Å²) in [5.74, 6) is 1.52. The van der Waals surface area contributed by atoms with Crippen LogP contribution in [0.4, 0.5) is 0 Å². The van der Waals surface area contributed by atoms with Gasteiger partial charge in [-0.2, -0.15) is 11.8 Å². The smallest absolute Gasteiger partial charge is 0.0612 e. The Morgan fingerprint density at radius 2 is 2.45 bits per heavy atom. The largest absolute Gasteiger partial charge is 0.393 e. The Balaban J connectivity index is 2.18. The van der Waals surface area contributed by atoms with Crippen LogP contribution in [0.15, 0.2) is 0 Å². The number of hydrogen-bond donors (Lipinski definition) is 1. The summed E-state index contributed by atoms with van der Waals surface area (Å²) in [6, 6.07) is 0. The Hall–Kier alpha value is 0.270. The zero-order chi connectivity index (χ0) is 8.10. The zero-order valence-electron chi connectivity index (χ0n) is 6.95. The fourth-order valence-electron chi connectivity index (χ4n) is 1.33. The molecule has 66 valence electrons. The van der Waals surface area contributed by atoms with Gasteiger partial charge in [0.05, 0.1) is 12.7 Å². The van der Waals surface area contributed by atoms with Gasteiger partial charge in [-0.1, -0.05) is 0 Å². The highest BCUT2D eigenvalue weighted by atomic mass is 32.2. The van der Waals surface area contributed by atoms with E-state index in [-0.39, 0.29) is 6.10 Å². The Kier molecular flexibility index (Phi) is 4.26. The molecule has 0 aromatic rings. The van der Waals surface area contributed by atoms with E-state index in [1.807, 2.05) is 11.8 Å². The molecule has 0 aliphatic carbocycles. The molecule has 1 aliphatic rings. The van der Waals surface area contributed by atoms with E-state index in [0.717, 1.165) is 31.8 Å². The summed E-state index contributed by atoms with van der Waals surface area (Å²) in [4.78, 5) is 0. The van der Waals surface area contributed by atoms with Gasteiger partial charge in [-0.15, -0.1) is 0 Å². The molecule has 0 aromatic heterocycles. The molecule has 2 atom stereocenters. The van der Waals surface area contributed by atoms with Crippen LogP contribution in [0.3, 0.4) is 0 Å². The summed E-state index contributed by atoms with van der Waals surface area (Å²) >= 11 is 1.83. The summed E-state index contributed by atoms with van der Waals surface area (Å²) in [6.07, 6.45) is 3.88. The first-order valence-electron chi connectivity index (χ1n) is 4.09. The van der Waals surface area contributed by atoms with Crippen molar-refractivity contribution in [3.63, 3.8) is 0 Å². The summed E-state index contributed by atoms with van der Waals surface area (Å²) in [6.45, 7) is 1.48. The van der Waals surface area contributed by atoms with E-state index < -0.39 is 0 Å².